The molecule has 0 saturated heterocycles. The van der Waals surface area contributed by atoms with Crippen molar-refractivity contribution < 1.29 is 30.8 Å². The second-order valence-corrected chi connectivity index (χ2v) is 5.54. The molecular formula is C7H11F4NO3S. The van der Waals surface area contributed by atoms with Gasteiger partial charge in [-0.3, -0.25) is 4.79 Å². The predicted molar refractivity (Wildman–Crippen MR) is 48.3 cm³/mol. The van der Waals surface area contributed by atoms with Crippen molar-refractivity contribution in [1.29, 1.82) is 0 Å². The average molecular weight is 265 g/mol. The number of rotatable bonds is 5. The number of alkyl halides is 4. The number of halogens is 4. The van der Waals surface area contributed by atoms with E-state index in [1.807, 2.05) is 0 Å². The van der Waals surface area contributed by atoms with E-state index in [1.54, 1.807) is 0 Å². The van der Waals surface area contributed by atoms with Gasteiger partial charge in [-0.1, -0.05) is 0 Å². The van der Waals surface area contributed by atoms with Crippen LogP contribution < -0.4 is 0 Å². The van der Waals surface area contributed by atoms with Crippen LogP contribution in [0.5, 0.6) is 0 Å². The second kappa shape index (κ2) is 4.98. The highest BCUT2D eigenvalue weighted by molar-refractivity contribution is 7.90. The Morgan fingerprint density at radius 3 is 2.12 bits per heavy atom. The molecule has 1 amide bonds. The molecule has 0 fully saturated rings. The Balaban J connectivity index is 4.52. The lowest BCUT2D eigenvalue weighted by Crippen LogP contribution is -2.47. The molecule has 0 heterocycles. The van der Waals surface area contributed by atoms with E-state index < -0.39 is 40.4 Å². The highest BCUT2D eigenvalue weighted by Crippen LogP contribution is 2.24. The molecule has 0 N–H and O–H groups in total. The molecule has 96 valence electrons. The molecule has 0 aromatic rings. The zero-order valence-electron chi connectivity index (χ0n) is 8.58. The van der Waals surface area contributed by atoms with Crippen LogP contribution in [0.2, 0.25) is 0 Å². The van der Waals surface area contributed by atoms with E-state index in [4.69, 9.17) is 0 Å². The van der Waals surface area contributed by atoms with E-state index in [1.165, 1.54) is 0 Å². The maximum absolute atomic E-state index is 12.5. The Morgan fingerprint density at radius 2 is 1.81 bits per heavy atom. The summed E-state index contributed by atoms with van der Waals surface area (Å²) in [6.45, 7) is -0.556. The Hall–Kier alpha value is -0.860. The number of nitrogens with zero attached hydrogens (tertiary/aromatic N) is 1. The largest absolute Gasteiger partial charge is 0.383 e. The molecule has 0 aliphatic rings. The fourth-order valence-electron chi connectivity index (χ4n) is 0.752. The van der Waals surface area contributed by atoms with Crippen LogP contribution in [0.25, 0.3) is 0 Å². The zero-order valence-corrected chi connectivity index (χ0v) is 9.40. The lowest BCUT2D eigenvalue weighted by Gasteiger charge is -2.22. The van der Waals surface area contributed by atoms with Crippen LogP contribution in [-0.2, 0) is 14.6 Å². The Morgan fingerprint density at radius 1 is 1.38 bits per heavy atom. The molecule has 9 heteroatoms. The molecule has 0 aromatic heterocycles. The van der Waals surface area contributed by atoms with Gasteiger partial charge in [0, 0.05) is 19.8 Å². The van der Waals surface area contributed by atoms with Crippen molar-refractivity contribution >= 4 is 15.7 Å². The molecule has 16 heavy (non-hydrogen) atoms. The first-order valence-corrected chi connectivity index (χ1v) is 6.14. The normalized spacial score (nSPS) is 12.9. The predicted octanol–water partition coefficient (Wildman–Crippen LogP) is 0.390. The van der Waals surface area contributed by atoms with E-state index in [9.17, 15) is 30.8 Å². The number of hydrogen-bond acceptors (Lipinski definition) is 3. The molecule has 4 nitrogen and oxygen atoms in total. The van der Waals surface area contributed by atoms with Gasteiger partial charge in [-0.05, 0) is 0 Å². The van der Waals surface area contributed by atoms with Gasteiger partial charge < -0.3 is 4.90 Å². The van der Waals surface area contributed by atoms with Crippen LogP contribution in [0.15, 0.2) is 0 Å². The third-order valence-corrected chi connectivity index (χ3v) is 2.63. The lowest BCUT2D eigenvalue weighted by molar-refractivity contribution is -0.179. The van der Waals surface area contributed by atoms with Crippen molar-refractivity contribution in [2.75, 3.05) is 25.6 Å². The number of hydrogen-bond donors (Lipinski definition) is 0. The Bertz CT molecular complexity index is 355. The molecule has 0 spiro atoms. The van der Waals surface area contributed by atoms with Gasteiger partial charge in [0.25, 0.3) is 5.91 Å². The maximum atomic E-state index is 12.5. The quantitative estimate of drug-likeness (QED) is 0.676. The van der Waals surface area contributed by atoms with Crippen LogP contribution in [-0.4, -0.2) is 57.2 Å². The average Bonchev–Trinajstić information content (AvgIpc) is 2.11. The highest BCUT2D eigenvalue weighted by Gasteiger charge is 2.50. The maximum Gasteiger partial charge on any atom is 0.383 e. The van der Waals surface area contributed by atoms with Crippen molar-refractivity contribution in [3.8, 4) is 0 Å². The van der Waals surface area contributed by atoms with E-state index in [0.29, 0.717) is 0 Å². The Labute approximate surface area is 90.1 Å². The topological polar surface area (TPSA) is 54.5 Å². The lowest BCUT2D eigenvalue weighted by atomic mass is 10.3. The van der Waals surface area contributed by atoms with Crippen molar-refractivity contribution in [2.24, 2.45) is 0 Å². The minimum absolute atomic E-state index is 0.271. The third kappa shape index (κ3) is 4.33. The van der Waals surface area contributed by atoms with Gasteiger partial charge in [0.1, 0.15) is 9.84 Å². The van der Waals surface area contributed by atoms with Crippen molar-refractivity contribution in [1.82, 2.24) is 4.90 Å². The van der Waals surface area contributed by atoms with E-state index in [2.05, 4.69) is 0 Å². The summed E-state index contributed by atoms with van der Waals surface area (Å²) in [5, 5.41) is 0. The van der Waals surface area contributed by atoms with Gasteiger partial charge in [-0.2, -0.15) is 8.78 Å². The molecule has 0 aliphatic carbocycles. The molecule has 0 radical (unpaired) electrons. The number of carbonyl (C=O) groups is 1. The van der Waals surface area contributed by atoms with Gasteiger partial charge >= 0.3 is 12.3 Å². The van der Waals surface area contributed by atoms with Crippen LogP contribution in [0.4, 0.5) is 17.6 Å². The summed E-state index contributed by atoms with van der Waals surface area (Å²) in [6.07, 6.45) is -3.27. The molecule has 0 rings (SSSR count). The summed E-state index contributed by atoms with van der Waals surface area (Å²) in [4.78, 5) is 11.1. The SMILES string of the molecule is CN(CCS(C)(=O)=O)C(=O)C(F)(F)C(F)F. The third-order valence-electron chi connectivity index (χ3n) is 1.70. The van der Waals surface area contributed by atoms with Crippen LogP contribution in [0.3, 0.4) is 0 Å². The summed E-state index contributed by atoms with van der Waals surface area (Å²) < 4.78 is 69.9. The minimum Gasteiger partial charge on any atom is -0.339 e. The zero-order chi connectivity index (χ0) is 13.1. The summed E-state index contributed by atoms with van der Waals surface area (Å²) in [5.41, 5.74) is 0. The van der Waals surface area contributed by atoms with Crippen molar-refractivity contribution in [3.63, 3.8) is 0 Å². The van der Waals surface area contributed by atoms with Crippen LogP contribution >= 0.6 is 0 Å². The molecule has 0 aliphatic heterocycles. The van der Waals surface area contributed by atoms with Gasteiger partial charge in [-0.25, -0.2) is 17.2 Å². The van der Waals surface area contributed by atoms with Crippen LogP contribution in [0, 0.1) is 0 Å². The fourth-order valence-corrected chi connectivity index (χ4v) is 1.36. The number of sulfone groups is 1. The first kappa shape index (κ1) is 15.1. The summed E-state index contributed by atoms with van der Waals surface area (Å²) >= 11 is 0. The monoisotopic (exact) mass is 265 g/mol. The molecule has 0 bridgehead atoms. The number of amides is 1. The standard InChI is InChI=1S/C7H11F4NO3S/c1-12(3-4-16(2,14)15)6(13)7(10,11)5(8)9/h5H,3-4H2,1-2H3. The van der Waals surface area contributed by atoms with Gasteiger partial charge in [0.2, 0.25) is 0 Å². The summed E-state index contributed by atoms with van der Waals surface area (Å²) in [7, 11) is -2.61. The molecule has 0 atom stereocenters. The second-order valence-electron chi connectivity index (χ2n) is 3.28. The van der Waals surface area contributed by atoms with E-state index in [0.717, 1.165) is 13.3 Å². The fraction of sp³-hybridized carbons (Fsp3) is 0.857. The van der Waals surface area contributed by atoms with Crippen molar-refractivity contribution in [3.05, 3.63) is 0 Å². The first-order valence-electron chi connectivity index (χ1n) is 4.07. The molecule has 0 unspecified atom stereocenters. The molecular weight excluding hydrogens is 254 g/mol. The van der Waals surface area contributed by atoms with E-state index in [-0.39, 0.29) is 4.90 Å². The number of carbonyl (C=O) groups excluding carboxylic acids is 1. The van der Waals surface area contributed by atoms with Gasteiger partial charge in [-0.15, -0.1) is 0 Å². The Kier molecular flexibility index (Phi) is 4.71. The summed E-state index contributed by atoms with van der Waals surface area (Å²) in [6, 6.07) is 0. The van der Waals surface area contributed by atoms with Crippen LogP contribution in [0.1, 0.15) is 0 Å². The minimum atomic E-state index is -4.79. The van der Waals surface area contributed by atoms with Crippen molar-refractivity contribution in [2.45, 2.75) is 12.3 Å². The first-order chi connectivity index (χ1) is 6.98. The van der Waals surface area contributed by atoms with Gasteiger partial charge in [0.05, 0.1) is 5.75 Å². The summed E-state index contributed by atoms with van der Waals surface area (Å²) in [5.74, 6) is -7.44. The molecule has 0 saturated carbocycles. The smallest absolute Gasteiger partial charge is 0.339 e. The van der Waals surface area contributed by atoms with E-state index >= 15 is 0 Å². The molecule has 0 aromatic carbocycles. The highest BCUT2D eigenvalue weighted by atomic mass is 32.2. The van der Waals surface area contributed by atoms with Gasteiger partial charge in [0.15, 0.2) is 0 Å².